The molecule has 0 aliphatic rings. The molecule has 0 fully saturated rings. The van der Waals surface area contributed by atoms with Gasteiger partial charge in [0, 0.05) is 17.1 Å². The Balaban J connectivity index is 2.67. The van der Waals surface area contributed by atoms with E-state index in [4.69, 9.17) is 5.73 Å². The summed E-state index contributed by atoms with van der Waals surface area (Å²) in [5.74, 6) is 0. The summed E-state index contributed by atoms with van der Waals surface area (Å²) in [7, 11) is 0. The summed E-state index contributed by atoms with van der Waals surface area (Å²) < 4.78 is 39.0. The number of hydrogen-bond acceptors (Lipinski definition) is 2. The topological polar surface area (TPSA) is 58.9 Å². The van der Waals surface area contributed by atoms with E-state index >= 15 is 0 Å². The smallest absolute Gasteiger partial charge is 0.361 e. The van der Waals surface area contributed by atoms with Crippen LogP contribution in [0, 0.1) is 6.92 Å². The molecule has 0 spiro atoms. The maximum atomic E-state index is 13.0. The third-order valence-corrected chi connectivity index (χ3v) is 3.02. The summed E-state index contributed by atoms with van der Waals surface area (Å²) in [6, 6.07) is 1.53. The summed E-state index contributed by atoms with van der Waals surface area (Å²) in [6.45, 7) is 1.72. The van der Waals surface area contributed by atoms with Crippen molar-refractivity contribution in [2.75, 3.05) is 0 Å². The molecule has 0 aliphatic carbocycles. The molecule has 1 atom stereocenters. The highest BCUT2D eigenvalue weighted by atomic mass is 19.4. The minimum atomic E-state index is -4.45. The van der Waals surface area contributed by atoms with Crippen LogP contribution in [0.3, 0.4) is 0 Å². The SMILES string of the molecule is Cc1ccc(C(F)(F)F)c2c(C[C@H](N)[C]=O)c[nH]c12. The molecular weight excluding hydrogens is 257 g/mol. The molecule has 1 aromatic carbocycles. The van der Waals surface area contributed by atoms with E-state index < -0.39 is 17.8 Å². The number of fused-ring (bicyclic) bond motifs is 1. The van der Waals surface area contributed by atoms with Crippen LogP contribution in [0.1, 0.15) is 16.7 Å². The summed E-state index contributed by atoms with van der Waals surface area (Å²) in [6.07, 6.45) is -1.39. The second kappa shape index (κ2) is 4.70. The average Bonchev–Trinajstić information content (AvgIpc) is 2.73. The Hall–Kier alpha value is -1.82. The molecule has 0 saturated carbocycles. The Morgan fingerprint density at radius 3 is 2.68 bits per heavy atom. The van der Waals surface area contributed by atoms with E-state index in [1.807, 2.05) is 0 Å². The number of rotatable bonds is 3. The number of hydrogen-bond donors (Lipinski definition) is 2. The number of halogens is 3. The van der Waals surface area contributed by atoms with Gasteiger partial charge in [-0.05, 0) is 30.5 Å². The quantitative estimate of drug-likeness (QED) is 0.899. The molecule has 101 valence electrons. The van der Waals surface area contributed by atoms with E-state index in [9.17, 15) is 18.0 Å². The number of carbonyl (C=O) groups excluding carboxylic acids is 1. The molecule has 0 aliphatic heterocycles. The Kier molecular flexibility index (Phi) is 3.36. The van der Waals surface area contributed by atoms with E-state index in [0.29, 0.717) is 16.6 Å². The molecule has 0 unspecified atom stereocenters. The van der Waals surface area contributed by atoms with Crippen LogP contribution in [-0.2, 0) is 17.4 Å². The highest BCUT2D eigenvalue weighted by Crippen LogP contribution is 2.37. The van der Waals surface area contributed by atoms with E-state index in [2.05, 4.69) is 4.98 Å². The van der Waals surface area contributed by atoms with Gasteiger partial charge in [0.15, 0.2) is 0 Å². The fraction of sp³-hybridized carbons (Fsp3) is 0.308. The maximum absolute atomic E-state index is 13.0. The van der Waals surface area contributed by atoms with Crippen LogP contribution in [0.25, 0.3) is 10.9 Å². The monoisotopic (exact) mass is 269 g/mol. The van der Waals surface area contributed by atoms with Crippen LogP contribution in [0.5, 0.6) is 0 Å². The molecule has 2 aromatic rings. The van der Waals surface area contributed by atoms with Gasteiger partial charge in [-0.1, -0.05) is 6.07 Å². The second-order valence-corrected chi connectivity index (χ2v) is 4.42. The molecule has 19 heavy (non-hydrogen) atoms. The molecule has 3 N–H and O–H groups in total. The van der Waals surface area contributed by atoms with E-state index in [1.54, 1.807) is 13.2 Å². The van der Waals surface area contributed by atoms with Crippen LogP contribution < -0.4 is 5.73 Å². The van der Waals surface area contributed by atoms with Gasteiger partial charge in [0.1, 0.15) is 0 Å². The second-order valence-electron chi connectivity index (χ2n) is 4.42. The van der Waals surface area contributed by atoms with Crippen molar-refractivity contribution in [1.82, 2.24) is 4.98 Å². The highest BCUT2D eigenvalue weighted by molar-refractivity contribution is 5.90. The first kappa shape index (κ1) is 13.6. The van der Waals surface area contributed by atoms with Gasteiger partial charge in [0.25, 0.3) is 0 Å². The highest BCUT2D eigenvalue weighted by Gasteiger charge is 2.34. The Morgan fingerprint density at radius 1 is 1.42 bits per heavy atom. The summed E-state index contributed by atoms with van der Waals surface area (Å²) in [5.41, 5.74) is 6.22. The predicted molar refractivity (Wildman–Crippen MR) is 65.4 cm³/mol. The first-order chi connectivity index (χ1) is 8.84. The van der Waals surface area contributed by atoms with Crippen LogP contribution in [-0.4, -0.2) is 17.3 Å². The van der Waals surface area contributed by atoms with Crippen molar-refractivity contribution < 1.29 is 18.0 Å². The minimum absolute atomic E-state index is 0.0238. The van der Waals surface area contributed by atoms with Crippen molar-refractivity contribution in [2.45, 2.75) is 25.6 Å². The Morgan fingerprint density at radius 2 is 2.11 bits per heavy atom. The molecule has 3 nitrogen and oxygen atoms in total. The van der Waals surface area contributed by atoms with Gasteiger partial charge in [-0.3, -0.25) is 4.79 Å². The number of aromatic amines is 1. The molecule has 1 heterocycles. The van der Waals surface area contributed by atoms with Gasteiger partial charge in [0.05, 0.1) is 11.6 Å². The summed E-state index contributed by atoms with van der Waals surface area (Å²) in [4.78, 5) is 13.2. The van der Waals surface area contributed by atoms with Crippen LogP contribution in [0.4, 0.5) is 13.2 Å². The zero-order valence-corrected chi connectivity index (χ0v) is 10.1. The number of aromatic nitrogens is 1. The van der Waals surface area contributed by atoms with Crippen molar-refractivity contribution >= 4 is 17.2 Å². The van der Waals surface area contributed by atoms with Crippen LogP contribution in [0.2, 0.25) is 0 Å². The molecule has 1 radical (unpaired) electrons. The zero-order chi connectivity index (χ0) is 14.2. The van der Waals surface area contributed by atoms with E-state index in [-0.39, 0.29) is 11.8 Å². The van der Waals surface area contributed by atoms with Gasteiger partial charge in [0.2, 0.25) is 6.29 Å². The minimum Gasteiger partial charge on any atom is -0.361 e. The lowest BCUT2D eigenvalue weighted by Gasteiger charge is -2.11. The van der Waals surface area contributed by atoms with Crippen LogP contribution in [0.15, 0.2) is 18.3 Å². The predicted octanol–water partition coefficient (Wildman–Crippen LogP) is 2.47. The first-order valence-electron chi connectivity index (χ1n) is 5.64. The lowest BCUT2D eigenvalue weighted by atomic mass is 9.99. The molecule has 0 bridgehead atoms. The molecular formula is C13H12F3N2O. The Labute approximate surface area is 107 Å². The largest absolute Gasteiger partial charge is 0.417 e. The van der Waals surface area contributed by atoms with Crippen molar-refractivity contribution in [3.05, 3.63) is 35.0 Å². The number of alkyl halides is 3. The van der Waals surface area contributed by atoms with Gasteiger partial charge in [-0.25, -0.2) is 0 Å². The molecule has 6 heteroatoms. The van der Waals surface area contributed by atoms with Crippen molar-refractivity contribution in [3.63, 3.8) is 0 Å². The van der Waals surface area contributed by atoms with Crippen molar-refractivity contribution in [3.8, 4) is 0 Å². The zero-order valence-electron chi connectivity index (χ0n) is 10.1. The van der Waals surface area contributed by atoms with Gasteiger partial charge >= 0.3 is 6.18 Å². The van der Waals surface area contributed by atoms with E-state index in [0.717, 1.165) is 6.07 Å². The number of aryl methyl sites for hydroxylation is 1. The van der Waals surface area contributed by atoms with Gasteiger partial charge in [-0.2, -0.15) is 13.2 Å². The summed E-state index contributed by atoms with van der Waals surface area (Å²) in [5, 5.41) is 0.0817. The van der Waals surface area contributed by atoms with E-state index in [1.165, 1.54) is 12.3 Å². The number of H-pyrrole nitrogens is 1. The van der Waals surface area contributed by atoms with Crippen molar-refractivity contribution in [2.24, 2.45) is 5.73 Å². The van der Waals surface area contributed by atoms with Gasteiger partial charge in [-0.15, -0.1) is 0 Å². The molecule has 2 rings (SSSR count). The molecule has 0 amide bonds. The van der Waals surface area contributed by atoms with Crippen molar-refractivity contribution in [1.29, 1.82) is 0 Å². The lowest BCUT2D eigenvalue weighted by molar-refractivity contribution is -0.136. The lowest BCUT2D eigenvalue weighted by Crippen LogP contribution is -2.24. The van der Waals surface area contributed by atoms with Gasteiger partial charge < -0.3 is 10.7 Å². The number of nitrogens with one attached hydrogen (secondary N) is 1. The standard InChI is InChI=1S/C13H12F3N2O/c1-7-2-3-10(13(14,15)16)11-8(4-9(17)6-19)5-18-12(7)11/h2-3,5,9,18H,4,17H2,1H3/t9-/m0/s1. The number of nitrogens with two attached hydrogens (primary N) is 1. The fourth-order valence-electron chi connectivity index (χ4n) is 2.13. The normalized spacial score (nSPS) is 13.7. The molecule has 0 saturated heterocycles. The third-order valence-electron chi connectivity index (χ3n) is 3.02. The Bertz CT molecular complexity index is 616. The first-order valence-corrected chi connectivity index (χ1v) is 5.64. The average molecular weight is 269 g/mol. The number of benzene rings is 1. The maximum Gasteiger partial charge on any atom is 0.417 e. The third kappa shape index (κ3) is 2.49. The van der Waals surface area contributed by atoms with Crippen LogP contribution >= 0.6 is 0 Å². The molecule has 1 aromatic heterocycles. The fourth-order valence-corrected chi connectivity index (χ4v) is 2.13. The summed E-state index contributed by atoms with van der Waals surface area (Å²) >= 11 is 0.